The van der Waals surface area contributed by atoms with Crippen LogP contribution in [-0.4, -0.2) is 22.0 Å². The van der Waals surface area contributed by atoms with Gasteiger partial charge in [0.05, 0.1) is 17.6 Å². The highest BCUT2D eigenvalue weighted by Gasteiger charge is 2.09. The second-order valence-corrected chi connectivity index (χ2v) is 5.24. The molecule has 0 aliphatic heterocycles. The number of amides is 2. The lowest BCUT2D eigenvalue weighted by molar-refractivity contribution is -0.115. The molecule has 0 spiro atoms. The van der Waals surface area contributed by atoms with Crippen molar-refractivity contribution in [2.45, 2.75) is 6.42 Å². The SMILES string of the molecule is O=C(Cc1ccc(C(=O)NO)cc1)Nc1cccc2cccnc12. The molecule has 24 heavy (non-hydrogen) atoms. The minimum absolute atomic E-state index is 0.171. The molecule has 0 fully saturated rings. The first-order valence-electron chi connectivity index (χ1n) is 7.34. The molecule has 0 saturated carbocycles. The number of carbonyl (C=O) groups is 2. The molecule has 2 amide bonds. The second kappa shape index (κ2) is 6.89. The van der Waals surface area contributed by atoms with E-state index in [-0.39, 0.29) is 12.3 Å². The average molecular weight is 321 g/mol. The molecule has 0 saturated heterocycles. The number of carbonyl (C=O) groups excluding carboxylic acids is 2. The number of nitrogens with zero attached hydrogens (tertiary/aromatic N) is 1. The molecule has 0 bridgehead atoms. The van der Waals surface area contributed by atoms with Crippen molar-refractivity contribution in [3.8, 4) is 0 Å². The summed E-state index contributed by atoms with van der Waals surface area (Å²) >= 11 is 0. The highest BCUT2D eigenvalue weighted by atomic mass is 16.5. The van der Waals surface area contributed by atoms with Crippen molar-refractivity contribution < 1.29 is 14.8 Å². The van der Waals surface area contributed by atoms with Crippen molar-refractivity contribution in [1.82, 2.24) is 10.5 Å². The van der Waals surface area contributed by atoms with Gasteiger partial charge in [-0.1, -0.05) is 30.3 Å². The molecule has 2 aromatic carbocycles. The van der Waals surface area contributed by atoms with Crippen molar-refractivity contribution in [3.63, 3.8) is 0 Å². The van der Waals surface area contributed by atoms with Gasteiger partial charge >= 0.3 is 0 Å². The predicted molar refractivity (Wildman–Crippen MR) is 89.8 cm³/mol. The molecule has 3 aromatic rings. The lowest BCUT2D eigenvalue weighted by atomic mass is 10.1. The number of hydroxylamine groups is 1. The molecule has 120 valence electrons. The van der Waals surface area contributed by atoms with Crippen molar-refractivity contribution in [2.24, 2.45) is 0 Å². The average Bonchev–Trinajstić information content (AvgIpc) is 2.62. The Labute approximate surface area is 138 Å². The van der Waals surface area contributed by atoms with Crippen molar-refractivity contribution in [2.75, 3.05) is 5.32 Å². The van der Waals surface area contributed by atoms with E-state index in [1.54, 1.807) is 35.9 Å². The molecule has 1 aromatic heterocycles. The molecular formula is C18H15N3O3. The molecule has 0 aliphatic carbocycles. The fourth-order valence-electron chi connectivity index (χ4n) is 2.42. The Morgan fingerprint density at radius 3 is 2.50 bits per heavy atom. The number of aromatic nitrogens is 1. The van der Waals surface area contributed by atoms with E-state index >= 15 is 0 Å². The van der Waals surface area contributed by atoms with Gasteiger partial charge in [-0.3, -0.25) is 19.8 Å². The maximum Gasteiger partial charge on any atom is 0.274 e. The molecule has 0 atom stereocenters. The first-order valence-corrected chi connectivity index (χ1v) is 7.34. The Morgan fingerprint density at radius 2 is 1.75 bits per heavy atom. The summed E-state index contributed by atoms with van der Waals surface area (Å²) in [6.45, 7) is 0. The number of para-hydroxylation sites is 1. The molecular weight excluding hydrogens is 306 g/mol. The van der Waals surface area contributed by atoms with Gasteiger partial charge in [0, 0.05) is 17.1 Å². The Hall–Kier alpha value is -3.25. The van der Waals surface area contributed by atoms with Gasteiger partial charge < -0.3 is 5.32 Å². The van der Waals surface area contributed by atoms with Crippen LogP contribution in [0.15, 0.2) is 60.8 Å². The predicted octanol–water partition coefficient (Wildman–Crippen LogP) is 2.54. The quantitative estimate of drug-likeness (QED) is 0.509. The third kappa shape index (κ3) is 3.39. The molecule has 0 unspecified atom stereocenters. The zero-order valence-electron chi connectivity index (χ0n) is 12.7. The number of benzene rings is 2. The summed E-state index contributed by atoms with van der Waals surface area (Å²) in [5.74, 6) is -0.764. The van der Waals surface area contributed by atoms with Crippen LogP contribution < -0.4 is 10.8 Å². The number of rotatable bonds is 4. The van der Waals surface area contributed by atoms with Gasteiger partial charge in [-0.05, 0) is 29.8 Å². The third-order valence-corrected chi connectivity index (χ3v) is 3.59. The van der Waals surface area contributed by atoms with Crippen molar-refractivity contribution in [1.29, 1.82) is 0 Å². The molecule has 0 radical (unpaired) electrons. The third-order valence-electron chi connectivity index (χ3n) is 3.59. The largest absolute Gasteiger partial charge is 0.324 e. The highest BCUT2D eigenvalue weighted by Crippen LogP contribution is 2.20. The maximum absolute atomic E-state index is 12.2. The van der Waals surface area contributed by atoms with Gasteiger partial charge in [0.25, 0.3) is 5.91 Å². The molecule has 1 heterocycles. The van der Waals surface area contributed by atoms with E-state index in [2.05, 4.69) is 10.3 Å². The Morgan fingerprint density at radius 1 is 1.00 bits per heavy atom. The van der Waals surface area contributed by atoms with Crippen molar-refractivity contribution >= 4 is 28.4 Å². The van der Waals surface area contributed by atoms with E-state index in [9.17, 15) is 9.59 Å². The summed E-state index contributed by atoms with van der Waals surface area (Å²) in [6.07, 6.45) is 1.85. The van der Waals surface area contributed by atoms with Crippen LogP contribution in [0.3, 0.4) is 0 Å². The molecule has 0 aliphatic rings. The summed E-state index contributed by atoms with van der Waals surface area (Å²) in [4.78, 5) is 27.8. The van der Waals surface area contributed by atoms with E-state index in [1.165, 1.54) is 0 Å². The van der Waals surface area contributed by atoms with E-state index < -0.39 is 5.91 Å². The summed E-state index contributed by atoms with van der Waals surface area (Å²) in [7, 11) is 0. The van der Waals surface area contributed by atoms with Gasteiger partial charge in [0.15, 0.2) is 0 Å². The van der Waals surface area contributed by atoms with E-state index in [1.807, 2.05) is 30.3 Å². The molecule has 3 rings (SSSR count). The van der Waals surface area contributed by atoms with Crippen LogP contribution in [0.4, 0.5) is 5.69 Å². The monoisotopic (exact) mass is 321 g/mol. The minimum Gasteiger partial charge on any atom is -0.324 e. The number of hydrogen-bond donors (Lipinski definition) is 3. The minimum atomic E-state index is -0.590. The van der Waals surface area contributed by atoms with E-state index in [4.69, 9.17) is 5.21 Å². The van der Waals surface area contributed by atoms with Crippen LogP contribution in [0.5, 0.6) is 0 Å². The summed E-state index contributed by atoms with van der Waals surface area (Å²) in [6, 6.07) is 15.8. The van der Waals surface area contributed by atoms with Crippen LogP contribution in [0.2, 0.25) is 0 Å². The topological polar surface area (TPSA) is 91.3 Å². The molecule has 3 N–H and O–H groups in total. The standard InChI is InChI=1S/C18H15N3O3/c22-16(11-12-6-8-14(9-7-12)18(23)21-24)20-15-5-1-3-13-4-2-10-19-17(13)15/h1-10,24H,11H2,(H,20,22)(H,21,23). The number of anilines is 1. The lowest BCUT2D eigenvalue weighted by Gasteiger charge is -2.08. The number of fused-ring (bicyclic) bond motifs is 1. The van der Waals surface area contributed by atoms with Crippen LogP contribution >= 0.6 is 0 Å². The normalized spacial score (nSPS) is 10.4. The van der Waals surface area contributed by atoms with Gasteiger partial charge in [-0.25, -0.2) is 5.48 Å². The fourth-order valence-corrected chi connectivity index (χ4v) is 2.42. The van der Waals surface area contributed by atoms with Gasteiger partial charge in [0.1, 0.15) is 0 Å². The Kier molecular flexibility index (Phi) is 4.49. The highest BCUT2D eigenvalue weighted by molar-refractivity contribution is 6.01. The van der Waals surface area contributed by atoms with E-state index in [0.29, 0.717) is 11.3 Å². The van der Waals surface area contributed by atoms with E-state index in [0.717, 1.165) is 16.5 Å². The molecule has 6 nitrogen and oxygen atoms in total. The second-order valence-electron chi connectivity index (χ2n) is 5.24. The summed E-state index contributed by atoms with van der Waals surface area (Å²) in [5.41, 5.74) is 4.05. The number of pyridine rings is 1. The Balaban J connectivity index is 1.72. The van der Waals surface area contributed by atoms with Gasteiger partial charge in [0.2, 0.25) is 5.91 Å². The molecule has 6 heteroatoms. The van der Waals surface area contributed by atoms with Crippen LogP contribution in [0.1, 0.15) is 15.9 Å². The van der Waals surface area contributed by atoms with Crippen LogP contribution in [0.25, 0.3) is 10.9 Å². The zero-order chi connectivity index (χ0) is 16.9. The fraction of sp³-hybridized carbons (Fsp3) is 0.0556. The number of nitrogens with one attached hydrogen (secondary N) is 2. The summed E-state index contributed by atoms with van der Waals surface area (Å²) in [5, 5.41) is 12.4. The smallest absolute Gasteiger partial charge is 0.274 e. The summed E-state index contributed by atoms with van der Waals surface area (Å²) < 4.78 is 0. The number of hydrogen-bond acceptors (Lipinski definition) is 4. The van der Waals surface area contributed by atoms with Gasteiger partial charge in [-0.2, -0.15) is 0 Å². The van der Waals surface area contributed by atoms with Crippen LogP contribution in [-0.2, 0) is 11.2 Å². The Bertz CT molecular complexity index is 886. The lowest BCUT2D eigenvalue weighted by Crippen LogP contribution is -2.18. The maximum atomic E-state index is 12.2. The first kappa shape index (κ1) is 15.6. The van der Waals surface area contributed by atoms with Crippen LogP contribution in [0, 0.1) is 0 Å². The first-order chi connectivity index (χ1) is 11.7. The van der Waals surface area contributed by atoms with Gasteiger partial charge in [-0.15, -0.1) is 0 Å². The zero-order valence-corrected chi connectivity index (χ0v) is 12.7. The van der Waals surface area contributed by atoms with Crippen molar-refractivity contribution in [3.05, 3.63) is 71.9 Å².